The third-order valence-electron chi connectivity index (χ3n) is 9.09. The van der Waals surface area contributed by atoms with Crippen LogP contribution < -0.4 is 0 Å². The van der Waals surface area contributed by atoms with Crippen molar-refractivity contribution in [1.29, 1.82) is 10.5 Å². The predicted octanol–water partition coefficient (Wildman–Crippen LogP) is 10.6. The average molecular weight is 591 g/mol. The first-order chi connectivity index (χ1) is 22.4. The number of rotatable bonds is 3. The zero-order valence-electron chi connectivity index (χ0n) is 25.9. The second kappa shape index (κ2) is 10.2. The van der Waals surface area contributed by atoms with E-state index in [1.807, 2.05) is 12.1 Å². The number of nitrogens with zero attached hydrogens (tertiary/aromatic N) is 4. The number of hydrogen-bond acceptors (Lipinski definition) is 2. The Morgan fingerprint density at radius 2 is 1.20 bits per heavy atom. The molecular formula is C42H30N4. The molecule has 2 heterocycles. The minimum absolute atomic E-state index is 0.307. The van der Waals surface area contributed by atoms with Gasteiger partial charge in [0.2, 0.25) is 0 Å². The number of nitriles is 2. The summed E-state index contributed by atoms with van der Waals surface area (Å²) in [4.78, 5) is 0. The second-order valence-corrected chi connectivity index (χ2v) is 12.9. The molecule has 0 fully saturated rings. The van der Waals surface area contributed by atoms with E-state index in [1.165, 1.54) is 16.3 Å². The molecule has 0 spiro atoms. The fourth-order valence-electron chi connectivity index (χ4n) is 7.09. The molecule has 0 amide bonds. The SMILES string of the molecule is CC(C)(C)c1cc(C#N)cc(C#N)c1-n1c2ccccc2c2c(-c3ccc4c5ccccc5n(-c5ccccc5)c4c3)cccc21. The van der Waals surface area contributed by atoms with Crippen LogP contribution in [0.25, 0.3) is 66.1 Å². The Morgan fingerprint density at radius 1 is 0.543 bits per heavy atom. The van der Waals surface area contributed by atoms with Gasteiger partial charge in [0, 0.05) is 27.2 Å². The Labute approximate surface area is 267 Å². The highest BCUT2D eigenvalue weighted by Gasteiger charge is 2.26. The maximum atomic E-state index is 10.4. The van der Waals surface area contributed by atoms with Crippen LogP contribution in [0.3, 0.4) is 0 Å². The van der Waals surface area contributed by atoms with Gasteiger partial charge in [0.1, 0.15) is 6.07 Å². The fourth-order valence-corrected chi connectivity index (χ4v) is 7.09. The lowest BCUT2D eigenvalue weighted by molar-refractivity contribution is 0.587. The molecule has 0 bridgehead atoms. The van der Waals surface area contributed by atoms with Crippen molar-refractivity contribution in [2.24, 2.45) is 0 Å². The second-order valence-electron chi connectivity index (χ2n) is 12.9. The van der Waals surface area contributed by atoms with Crippen LogP contribution in [0, 0.1) is 22.7 Å². The van der Waals surface area contributed by atoms with Crippen molar-refractivity contribution >= 4 is 43.6 Å². The Bertz CT molecular complexity index is 2580. The number of para-hydroxylation sites is 3. The summed E-state index contributed by atoms with van der Waals surface area (Å²) in [5, 5.41) is 24.9. The molecule has 2 aromatic heterocycles. The lowest BCUT2D eigenvalue weighted by Crippen LogP contribution is -2.17. The highest BCUT2D eigenvalue weighted by atomic mass is 15.0. The van der Waals surface area contributed by atoms with E-state index in [0.29, 0.717) is 11.1 Å². The molecule has 4 heteroatoms. The number of benzene rings is 6. The molecule has 0 atom stereocenters. The highest BCUT2D eigenvalue weighted by Crippen LogP contribution is 2.43. The lowest BCUT2D eigenvalue weighted by Gasteiger charge is -2.25. The Kier molecular flexibility index (Phi) is 6.11. The molecule has 6 aromatic carbocycles. The summed E-state index contributed by atoms with van der Waals surface area (Å²) in [5.41, 5.74) is 10.2. The summed E-state index contributed by atoms with van der Waals surface area (Å²) < 4.78 is 4.58. The standard InChI is InChI=1S/C42H30N4/c1-42(2,3)35-23-27(25-43)22-29(26-44)41(35)46-37-18-10-8-15-34(37)40-31(16-11-19-38(40)46)28-20-21-33-32-14-7-9-17-36(32)45(39(33)24-28)30-12-5-4-6-13-30/h4-24H,1-3H3. The largest absolute Gasteiger partial charge is 0.309 e. The van der Waals surface area contributed by atoms with Gasteiger partial charge in [0.15, 0.2) is 0 Å². The molecule has 0 saturated heterocycles. The summed E-state index contributed by atoms with van der Waals surface area (Å²) in [5.74, 6) is 0. The summed E-state index contributed by atoms with van der Waals surface area (Å²) in [6.45, 7) is 6.40. The molecule has 8 rings (SSSR count). The maximum Gasteiger partial charge on any atom is 0.101 e. The molecule has 218 valence electrons. The van der Waals surface area contributed by atoms with Crippen molar-refractivity contribution in [3.8, 4) is 34.6 Å². The van der Waals surface area contributed by atoms with Gasteiger partial charge in [-0.15, -0.1) is 0 Å². The van der Waals surface area contributed by atoms with Gasteiger partial charge in [0.05, 0.1) is 45.0 Å². The van der Waals surface area contributed by atoms with Crippen LogP contribution >= 0.6 is 0 Å². The number of hydrogen-bond donors (Lipinski definition) is 0. The van der Waals surface area contributed by atoms with Gasteiger partial charge in [-0.05, 0) is 70.6 Å². The summed E-state index contributed by atoms with van der Waals surface area (Å²) in [6.07, 6.45) is 0. The highest BCUT2D eigenvalue weighted by molar-refractivity contribution is 6.17. The lowest BCUT2D eigenvalue weighted by atomic mass is 9.83. The number of fused-ring (bicyclic) bond motifs is 6. The van der Waals surface area contributed by atoms with Gasteiger partial charge < -0.3 is 9.13 Å². The third-order valence-corrected chi connectivity index (χ3v) is 9.09. The Hall–Kier alpha value is -6.10. The molecule has 0 aliphatic heterocycles. The van der Waals surface area contributed by atoms with Crippen LogP contribution in [-0.2, 0) is 5.41 Å². The summed E-state index contributed by atoms with van der Waals surface area (Å²) >= 11 is 0. The summed E-state index contributed by atoms with van der Waals surface area (Å²) in [6, 6.07) is 49.1. The van der Waals surface area contributed by atoms with Crippen LogP contribution in [-0.4, -0.2) is 9.13 Å². The smallest absolute Gasteiger partial charge is 0.101 e. The van der Waals surface area contributed by atoms with Gasteiger partial charge >= 0.3 is 0 Å². The van der Waals surface area contributed by atoms with Crippen LogP contribution in [0.1, 0.15) is 37.5 Å². The van der Waals surface area contributed by atoms with Crippen molar-refractivity contribution in [1.82, 2.24) is 9.13 Å². The van der Waals surface area contributed by atoms with Crippen molar-refractivity contribution in [2.45, 2.75) is 26.2 Å². The minimum atomic E-state index is -0.307. The molecule has 0 radical (unpaired) electrons. The van der Waals surface area contributed by atoms with Gasteiger partial charge in [-0.3, -0.25) is 0 Å². The number of aromatic nitrogens is 2. The van der Waals surface area contributed by atoms with Crippen molar-refractivity contribution in [2.75, 3.05) is 0 Å². The van der Waals surface area contributed by atoms with Crippen LogP contribution in [0.2, 0.25) is 0 Å². The Balaban J connectivity index is 1.47. The third kappa shape index (κ3) is 4.05. The van der Waals surface area contributed by atoms with E-state index in [9.17, 15) is 10.5 Å². The van der Waals surface area contributed by atoms with E-state index in [1.54, 1.807) is 6.07 Å². The minimum Gasteiger partial charge on any atom is -0.309 e. The molecule has 8 aromatic rings. The van der Waals surface area contributed by atoms with Crippen molar-refractivity contribution in [3.05, 3.63) is 144 Å². The molecule has 0 aliphatic rings. The maximum absolute atomic E-state index is 10.4. The van der Waals surface area contributed by atoms with Crippen LogP contribution in [0.4, 0.5) is 0 Å². The van der Waals surface area contributed by atoms with Crippen LogP contribution in [0.15, 0.2) is 127 Å². The van der Waals surface area contributed by atoms with Gasteiger partial charge in [0.25, 0.3) is 0 Å². The van der Waals surface area contributed by atoms with E-state index < -0.39 is 0 Å². The monoisotopic (exact) mass is 590 g/mol. The molecule has 0 aliphatic carbocycles. The first kappa shape index (κ1) is 27.4. The normalized spacial score (nSPS) is 11.8. The van der Waals surface area contributed by atoms with E-state index in [2.05, 4.69) is 151 Å². The van der Waals surface area contributed by atoms with Gasteiger partial charge in [-0.1, -0.05) is 99.6 Å². The zero-order chi connectivity index (χ0) is 31.6. The first-order valence-corrected chi connectivity index (χ1v) is 15.5. The first-order valence-electron chi connectivity index (χ1n) is 15.5. The van der Waals surface area contributed by atoms with E-state index >= 15 is 0 Å². The summed E-state index contributed by atoms with van der Waals surface area (Å²) in [7, 11) is 0. The van der Waals surface area contributed by atoms with Crippen molar-refractivity contribution < 1.29 is 0 Å². The molecule has 46 heavy (non-hydrogen) atoms. The van der Waals surface area contributed by atoms with Crippen molar-refractivity contribution in [3.63, 3.8) is 0 Å². The van der Waals surface area contributed by atoms with Crippen LogP contribution in [0.5, 0.6) is 0 Å². The average Bonchev–Trinajstić information content (AvgIpc) is 3.60. The molecular weight excluding hydrogens is 560 g/mol. The fraction of sp³-hybridized carbons (Fsp3) is 0.0952. The molecule has 0 saturated carbocycles. The van der Waals surface area contributed by atoms with E-state index in [0.717, 1.165) is 55.4 Å². The molecule has 4 nitrogen and oxygen atoms in total. The Morgan fingerprint density at radius 3 is 1.91 bits per heavy atom. The molecule has 0 unspecified atom stereocenters. The molecule has 0 N–H and O–H groups in total. The van der Waals surface area contributed by atoms with E-state index in [-0.39, 0.29) is 5.41 Å². The predicted molar refractivity (Wildman–Crippen MR) is 189 cm³/mol. The van der Waals surface area contributed by atoms with Gasteiger partial charge in [-0.25, -0.2) is 0 Å². The van der Waals surface area contributed by atoms with E-state index in [4.69, 9.17) is 0 Å². The zero-order valence-corrected chi connectivity index (χ0v) is 25.9. The quantitative estimate of drug-likeness (QED) is 0.205. The van der Waals surface area contributed by atoms with Gasteiger partial charge in [-0.2, -0.15) is 10.5 Å². The topological polar surface area (TPSA) is 57.4 Å².